The Morgan fingerprint density at radius 3 is 2.71 bits per heavy atom. The Hall–Kier alpha value is -1.57. The van der Waals surface area contributed by atoms with Gasteiger partial charge in [0.15, 0.2) is 0 Å². The lowest BCUT2D eigenvalue weighted by molar-refractivity contribution is 0.0951. The van der Waals surface area contributed by atoms with Crippen LogP contribution in [0.15, 0.2) is 35.0 Å². The van der Waals surface area contributed by atoms with E-state index in [0.717, 1.165) is 11.8 Å². The van der Waals surface area contributed by atoms with Gasteiger partial charge in [-0.1, -0.05) is 11.6 Å². The van der Waals surface area contributed by atoms with Gasteiger partial charge in [0, 0.05) is 12.1 Å². The van der Waals surface area contributed by atoms with Gasteiger partial charge in [-0.05, 0) is 40.6 Å². The van der Waals surface area contributed by atoms with Crippen LogP contribution in [0.1, 0.15) is 15.9 Å². The number of sulfonamides is 1. The summed E-state index contributed by atoms with van der Waals surface area (Å²) in [4.78, 5) is 12.0. The van der Waals surface area contributed by atoms with Crippen LogP contribution in [0, 0.1) is 0 Å². The zero-order chi connectivity index (χ0) is 15.5. The van der Waals surface area contributed by atoms with Crippen molar-refractivity contribution in [3.63, 3.8) is 0 Å². The lowest BCUT2D eigenvalue weighted by Crippen LogP contribution is -2.22. The van der Waals surface area contributed by atoms with Gasteiger partial charge >= 0.3 is 0 Å². The number of carbonyl (C=O) groups is 1. The summed E-state index contributed by atoms with van der Waals surface area (Å²) < 4.78 is 24.8. The summed E-state index contributed by atoms with van der Waals surface area (Å²) in [5.74, 6) is -0.297. The summed E-state index contributed by atoms with van der Waals surface area (Å²) >= 11 is 7.46. The van der Waals surface area contributed by atoms with Gasteiger partial charge in [0.05, 0.1) is 17.0 Å². The van der Waals surface area contributed by atoms with Crippen molar-refractivity contribution in [2.45, 2.75) is 6.54 Å². The third kappa shape index (κ3) is 4.73. The van der Waals surface area contributed by atoms with Gasteiger partial charge in [-0.15, -0.1) is 0 Å². The maximum absolute atomic E-state index is 12.0. The van der Waals surface area contributed by atoms with Gasteiger partial charge < -0.3 is 5.32 Å². The second-order valence-electron chi connectivity index (χ2n) is 4.38. The zero-order valence-electron chi connectivity index (χ0n) is 11.1. The van der Waals surface area contributed by atoms with E-state index >= 15 is 0 Å². The average molecular weight is 345 g/mol. The Morgan fingerprint density at radius 2 is 2.10 bits per heavy atom. The summed E-state index contributed by atoms with van der Waals surface area (Å²) in [6.45, 7) is 0.416. The normalized spacial score (nSPS) is 11.1. The highest BCUT2D eigenvalue weighted by atomic mass is 35.5. The first-order valence-corrected chi connectivity index (χ1v) is 9.13. The minimum absolute atomic E-state index is 0.183. The molecule has 0 unspecified atom stereocenters. The molecule has 2 rings (SSSR count). The molecule has 5 nitrogen and oxygen atoms in total. The number of nitrogens with one attached hydrogen (secondary N) is 2. The molecule has 21 heavy (non-hydrogen) atoms. The van der Waals surface area contributed by atoms with Crippen LogP contribution in [0.4, 0.5) is 5.69 Å². The molecule has 0 atom stereocenters. The molecule has 1 aromatic heterocycles. The second kappa shape index (κ2) is 6.46. The molecular formula is C13H13ClN2O3S2. The van der Waals surface area contributed by atoms with Gasteiger partial charge in [0.1, 0.15) is 0 Å². The first kappa shape index (κ1) is 15.8. The van der Waals surface area contributed by atoms with Crippen molar-refractivity contribution in [1.82, 2.24) is 5.32 Å². The van der Waals surface area contributed by atoms with E-state index in [0.29, 0.717) is 12.1 Å². The van der Waals surface area contributed by atoms with E-state index in [9.17, 15) is 13.2 Å². The highest BCUT2D eigenvalue weighted by Gasteiger charge is 2.11. The lowest BCUT2D eigenvalue weighted by atomic mass is 10.2. The average Bonchev–Trinajstić information content (AvgIpc) is 2.90. The standard InChI is InChI=1S/C13H13ClN2O3S2/c1-21(18,19)16-12-6-10(2-3-11(12)14)13(17)15-7-9-4-5-20-8-9/h2-6,8,16H,7H2,1H3,(H,15,17). The van der Waals surface area contributed by atoms with E-state index in [4.69, 9.17) is 11.6 Å². The van der Waals surface area contributed by atoms with E-state index in [1.165, 1.54) is 12.1 Å². The predicted octanol–water partition coefficient (Wildman–Crippen LogP) is 2.70. The third-order valence-electron chi connectivity index (χ3n) is 2.56. The molecule has 0 saturated heterocycles. The summed E-state index contributed by atoms with van der Waals surface area (Å²) in [5.41, 5.74) is 1.53. The number of carbonyl (C=O) groups excluding carboxylic acids is 1. The van der Waals surface area contributed by atoms with Crippen LogP contribution < -0.4 is 10.0 Å². The summed E-state index contributed by atoms with van der Waals surface area (Å²) in [7, 11) is -3.45. The molecule has 0 radical (unpaired) electrons. The number of benzene rings is 1. The van der Waals surface area contributed by atoms with Crippen molar-refractivity contribution in [2.24, 2.45) is 0 Å². The van der Waals surface area contributed by atoms with Crippen LogP contribution in [0.25, 0.3) is 0 Å². The maximum atomic E-state index is 12.0. The Bertz CT molecular complexity index is 743. The summed E-state index contributed by atoms with van der Waals surface area (Å²) in [5, 5.41) is 6.86. The Kier molecular flexibility index (Phi) is 4.87. The molecule has 112 valence electrons. The van der Waals surface area contributed by atoms with Crippen LogP contribution in [0.5, 0.6) is 0 Å². The molecule has 0 saturated carbocycles. The van der Waals surface area contributed by atoms with Crippen molar-refractivity contribution in [3.05, 3.63) is 51.2 Å². The van der Waals surface area contributed by atoms with Gasteiger partial charge in [0.2, 0.25) is 10.0 Å². The van der Waals surface area contributed by atoms with E-state index in [2.05, 4.69) is 10.0 Å². The number of hydrogen-bond acceptors (Lipinski definition) is 4. The first-order chi connectivity index (χ1) is 9.85. The number of rotatable bonds is 5. The molecule has 0 bridgehead atoms. The van der Waals surface area contributed by atoms with E-state index in [1.807, 2.05) is 16.8 Å². The van der Waals surface area contributed by atoms with Crippen molar-refractivity contribution >= 4 is 44.6 Å². The Morgan fingerprint density at radius 1 is 1.33 bits per heavy atom. The third-order valence-corrected chi connectivity index (χ3v) is 4.21. The number of anilines is 1. The van der Waals surface area contributed by atoms with Gasteiger partial charge in [-0.3, -0.25) is 9.52 Å². The van der Waals surface area contributed by atoms with Crippen molar-refractivity contribution in [2.75, 3.05) is 11.0 Å². The monoisotopic (exact) mass is 344 g/mol. The van der Waals surface area contributed by atoms with Gasteiger partial charge in [-0.2, -0.15) is 11.3 Å². The highest BCUT2D eigenvalue weighted by molar-refractivity contribution is 7.92. The molecule has 2 aromatic rings. The topological polar surface area (TPSA) is 75.3 Å². The highest BCUT2D eigenvalue weighted by Crippen LogP contribution is 2.24. The van der Waals surface area contributed by atoms with Crippen molar-refractivity contribution < 1.29 is 13.2 Å². The fraction of sp³-hybridized carbons (Fsp3) is 0.154. The summed E-state index contributed by atoms with van der Waals surface area (Å²) in [6.07, 6.45) is 1.02. The molecule has 1 aromatic carbocycles. The molecule has 0 aliphatic carbocycles. The summed E-state index contributed by atoms with van der Waals surface area (Å²) in [6, 6.07) is 6.35. The van der Waals surface area contributed by atoms with E-state index in [-0.39, 0.29) is 16.6 Å². The van der Waals surface area contributed by atoms with Gasteiger partial charge in [-0.25, -0.2) is 8.42 Å². The largest absolute Gasteiger partial charge is 0.348 e. The smallest absolute Gasteiger partial charge is 0.251 e. The van der Waals surface area contributed by atoms with Crippen LogP contribution in [0.2, 0.25) is 5.02 Å². The number of halogens is 1. The number of hydrogen-bond donors (Lipinski definition) is 2. The van der Waals surface area contributed by atoms with Crippen LogP contribution >= 0.6 is 22.9 Å². The molecule has 0 aliphatic rings. The van der Waals surface area contributed by atoms with Crippen LogP contribution in [0.3, 0.4) is 0 Å². The van der Waals surface area contributed by atoms with E-state index < -0.39 is 10.0 Å². The number of thiophene rings is 1. The fourth-order valence-corrected chi connectivity index (χ4v) is 3.08. The fourth-order valence-electron chi connectivity index (χ4n) is 1.62. The van der Waals surface area contributed by atoms with Crippen molar-refractivity contribution in [1.29, 1.82) is 0 Å². The molecule has 0 spiro atoms. The second-order valence-corrected chi connectivity index (χ2v) is 7.32. The van der Waals surface area contributed by atoms with Gasteiger partial charge in [0.25, 0.3) is 5.91 Å². The lowest BCUT2D eigenvalue weighted by Gasteiger charge is -2.09. The maximum Gasteiger partial charge on any atom is 0.251 e. The minimum Gasteiger partial charge on any atom is -0.348 e. The quantitative estimate of drug-likeness (QED) is 0.875. The van der Waals surface area contributed by atoms with Crippen molar-refractivity contribution in [3.8, 4) is 0 Å². The molecule has 0 aliphatic heterocycles. The zero-order valence-corrected chi connectivity index (χ0v) is 13.5. The first-order valence-electron chi connectivity index (χ1n) is 5.92. The molecule has 2 N–H and O–H groups in total. The predicted molar refractivity (Wildman–Crippen MR) is 85.4 cm³/mol. The molecule has 8 heteroatoms. The SMILES string of the molecule is CS(=O)(=O)Nc1cc(C(=O)NCc2ccsc2)ccc1Cl. The Balaban J connectivity index is 2.12. The van der Waals surface area contributed by atoms with E-state index in [1.54, 1.807) is 17.4 Å². The molecular weight excluding hydrogens is 332 g/mol. The Labute approximate surface area is 132 Å². The molecule has 0 fully saturated rings. The minimum atomic E-state index is -3.45. The molecule has 1 heterocycles. The van der Waals surface area contributed by atoms with Crippen LogP contribution in [-0.4, -0.2) is 20.6 Å². The molecule has 1 amide bonds. The number of amides is 1. The van der Waals surface area contributed by atoms with Crippen LogP contribution in [-0.2, 0) is 16.6 Å².